The summed E-state index contributed by atoms with van der Waals surface area (Å²) in [5.74, 6) is -12.0. The fourth-order valence-corrected chi connectivity index (χ4v) is 5.55. The summed E-state index contributed by atoms with van der Waals surface area (Å²) < 4.78 is 135. The van der Waals surface area contributed by atoms with Crippen LogP contribution in [0.15, 0.2) is 53.9 Å². The number of halogens is 9. The maximum Gasteiger partial charge on any atom is 0.460 e. The fraction of sp³-hybridized carbons (Fsp3) is 0.429. The van der Waals surface area contributed by atoms with E-state index < -0.39 is 33.4 Å². The number of hydrogen-bond acceptors (Lipinski definition) is 3. The zero-order valence-electron chi connectivity index (χ0n) is 17.7. The van der Waals surface area contributed by atoms with Crippen LogP contribution >= 0.6 is 0 Å². The number of hydrogen-bond donors (Lipinski definition) is 0. The zero-order chi connectivity index (χ0) is 26.7. The zero-order valence-corrected chi connectivity index (χ0v) is 19.3. The second-order valence-electron chi connectivity index (χ2n) is 7.48. The van der Waals surface area contributed by atoms with Gasteiger partial charge in [-0.3, -0.25) is 0 Å². The van der Waals surface area contributed by atoms with Crippen LogP contribution in [0.25, 0.3) is 10.8 Å². The molecule has 0 saturated carbocycles. The summed E-state index contributed by atoms with van der Waals surface area (Å²) in [6, 6.07) is 15.3. The second-order valence-corrected chi connectivity index (χ2v) is 11.1. The van der Waals surface area contributed by atoms with E-state index >= 15 is 0 Å². The van der Waals surface area contributed by atoms with Crippen molar-refractivity contribution in [3.05, 3.63) is 59.5 Å². The summed E-state index contributed by atoms with van der Waals surface area (Å²) in [6.07, 6.45) is -0.838. The lowest BCUT2D eigenvalue weighted by molar-refractivity contribution is -0.382. The first-order valence-electron chi connectivity index (χ1n) is 9.88. The Balaban J connectivity index is 0.000000248. The smallest absolute Gasteiger partial charge is 0.460 e. The molecule has 1 aliphatic heterocycles. The van der Waals surface area contributed by atoms with Gasteiger partial charge in [-0.05, 0) is 41.7 Å². The van der Waals surface area contributed by atoms with Crippen LogP contribution in [0, 0.1) is 0 Å². The lowest BCUT2D eigenvalue weighted by Gasteiger charge is -2.34. The Morgan fingerprint density at radius 3 is 1.91 bits per heavy atom. The standard InChI is InChI=1S/C17H19S.C4HF9O3S/c1-2-11-17-15(7-1)8-5-9-16(17)10-6-14-18-12-3-4-13-18;5-1(6,3(9,10)11)2(7,8)4(12,13)17(14,15)16/h1-2,5-9,11,14H,3-4,10,12-13H2;(H,14,15,16)/q+1;/p-1. The highest BCUT2D eigenvalue weighted by atomic mass is 32.2. The van der Waals surface area contributed by atoms with Crippen LogP contribution in [0.3, 0.4) is 0 Å². The van der Waals surface area contributed by atoms with Crippen LogP contribution < -0.4 is 0 Å². The van der Waals surface area contributed by atoms with E-state index in [9.17, 15) is 52.5 Å². The van der Waals surface area contributed by atoms with E-state index in [2.05, 4.69) is 53.9 Å². The highest BCUT2D eigenvalue weighted by molar-refractivity contribution is 7.99. The number of fused-ring (bicyclic) bond motifs is 1. The number of benzene rings is 2. The predicted octanol–water partition coefficient (Wildman–Crippen LogP) is 6.27. The molecule has 2 aromatic rings. The van der Waals surface area contributed by atoms with Crippen molar-refractivity contribution in [1.29, 1.82) is 0 Å². The third-order valence-electron chi connectivity index (χ3n) is 5.00. The van der Waals surface area contributed by atoms with Gasteiger partial charge in [0.2, 0.25) is 0 Å². The van der Waals surface area contributed by atoms with Crippen LogP contribution in [0.5, 0.6) is 0 Å². The van der Waals surface area contributed by atoms with Crippen LogP contribution in [0.4, 0.5) is 39.5 Å². The van der Waals surface area contributed by atoms with E-state index in [0.29, 0.717) is 10.9 Å². The van der Waals surface area contributed by atoms with E-state index in [0.717, 1.165) is 6.42 Å². The first-order chi connectivity index (χ1) is 15.9. The fourth-order valence-electron chi connectivity index (χ4n) is 3.11. The van der Waals surface area contributed by atoms with Crippen LogP contribution in [0.1, 0.15) is 18.4 Å². The molecule has 0 spiro atoms. The van der Waals surface area contributed by atoms with Gasteiger partial charge in [-0.15, -0.1) is 0 Å². The summed E-state index contributed by atoms with van der Waals surface area (Å²) >= 11 is 0. The minimum atomic E-state index is -7.43. The normalized spacial score (nSPS) is 16.5. The molecule has 196 valence electrons. The Hall–Kier alpha value is -1.93. The quantitative estimate of drug-likeness (QED) is 0.241. The van der Waals surface area contributed by atoms with E-state index in [4.69, 9.17) is 0 Å². The molecule has 0 bridgehead atoms. The number of alkyl halides is 9. The molecule has 2 aromatic carbocycles. The molecule has 35 heavy (non-hydrogen) atoms. The van der Waals surface area contributed by atoms with Crippen molar-refractivity contribution >= 4 is 31.8 Å². The predicted molar refractivity (Wildman–Crippen MR) is 114 cm³/mol. The Morgan fingerprint density at radius 2 is 1.37 bits per heavy atom. The maximum atomic E-state index is 12.2. The van der Waals surface area contributed by atoms with Gasteiger partial charge in [0.05, 0.1) is 0 Å². The number of rotatable bonds is 6. The molecular formula is C21H19F9O3S2. The van der Waals surface area contributed by atoms with Crippen molar-refractivity contribution in [3.8, 4) is 0 Å². The first-order valence-corrected chi connectivity index (χ1v) is 12.9. The summed E-state index contributed by atoms with van der Waals surface area (Å²) in [4.78, 5) is 0. The van der Waals surface area contributed by atoms with Crippen LogP contribution in [0.2, 0.25) is 0 Å². The molecule has 14 heteroatoms. The third-order valence-corrected chi connectivity index (χ3v) is 8.09. The summed E-state index contributed by atoms with van der Waals surface area (Å²) in [7, 11) is -6.83. The van der Waals surface area contributed by atoms with E-state index in [-0.39, 0.29) is 0 Å². The molecule has 3 nitrogen and oxygen atoms in total. The monoisotopic (exact) mass is 554 g/mol. The Kier molecular flexibility index (Phi) is 8.87. The summed E-state index contributed by atoms with van der Waals surface area (Å²) in [6.45, 7) is 0. The van der Waals surface area contributed by atoms with Crippen molar-refractivity contribution in [2.75, 3.05) is 11.5 Å². The molecule has 0 aromatic heterocycles. The minimum absolute atomic E-state index is 0.585. The lowest BCUT2D eigenvalue weighted by Crippen LogP contribution is -2.63. The van der Waals surface area contributed by atoms with E-state index in [1.165, 1.54) is 40.7 Å². The maximum absolute atomic E-state index is 12.2. The van der Waals surface area contributed by atoms with Gasteiger partial charge in [-0.2, -0.15) is 39.5 Å². The molecule has 0 N–H and O–H groups in total. The molecule has 3 rings (SSSR count). The van der Waals surface area contributed by atoms with Crippen molar-refractivity contribution in [2.45, 2.75) is 42.5 Å². The molecule has 1 saturated heterocycles. The topological polar surface area (TPSA) is 57.2 Å². The van der Waals surface area contributed by atoms with Gasteiger partial charge in [0.1, 0.15) is 16.9 Å². The highest BCUT2D eigenvalue weighted by Crippen LogP contribution is 2.54. The van der Waals surface area contributed by atoms with Crippen LogP contribution in [-0.4, -0.2) is 47.8 Å². The Morgan fingerprint density at radius 1 is 0.829 bits per heavy atom. The molecule has 0 amide bonds. The average Bonchev–Trinajstić information content (AvgIpc) is 3.26. The average molecular weight is 554 g/mol. The van der Waals surface area contributed by atoms with Crippen molar-refractivity contribution in [2.24, 2.45) is 0 Å². The van der Waals surface area contributed by atoms with E-state index in [1.54, 1.807) is 0 Å². The molecule has 0 atom stereocenters. The van der Waals surface area contributed by atoms with Crippen molar-refractivity contribution < 1.29 is 52.5 Å². The highest BCUT2D eigenvalue weighted by Gasteiger charge is 2.83. The van der Waals surface area contributed by atoms with Gasteiger partial charge >= 0.3 is 23.3 Å². The van der Waals surface area contributed by atoms with Gasteiger partial charge in [0, 0.05) is 10.9 Å². The minimum Gasteiger partial charge on any atom is -0.743 e. The molecular weight excluding hydrogens is 535 g/mol. The van der Waals surface area contributed by atoms with E-state index in [1.807, 2.05) is 0 Å². The SMILES string of the molecule is C(=C[S+]1CCCC1)Cc1cccc2ccccc12.O=S(=O)([O-])C(F)(F)C(F)(F)C(F)(F)C(F)(F)F. The van der Waals surface area contributed by atoms with Gasteiger partial charge in [0.15, 0.2) is 10.1 Å². The Bertz CT molecular complexity index is 1130. The molecule has 1 aliphatic rings. The third kappa shape index (κ3) is 6.26. The largest absolute Gasteiger partial charge is 0.743 e. The van der Waals surface area contributed by atoms with Gasteiger partial charge in [0.25, 0.3) is 0 Å². The van der Waals surface area contributed by atoms with Gasteiger partial charge in [-0.1, -0.05) is 42.5 Å². The second kappa shape index (κ2) is 10.6. The lowest BCUT2D eigenvalue weighted by atomic mass is 10.0. The Labute approximate surface area is 198 Å². The van der Waals surface area contributed by atoms with Gasteiger partial charge in [-0.25, -0.2) is 8.42 Å². The molecule has 1 heterocycles. The van der Waals surface area contributed by atoms with Gasteiger partial charge < -0.3 is 4.55 Å². The van der Waals surface area contributed by atoms with Crippen molar-refractivity contribution in [3.63, 3.8) is 0 Å². The number of allylic oxidation sites excluding steroid dienone is 1. The van der Waals surface area contributed by atoms with Crippen molar-refractivity contribution in [1.82, 2.24) is 0 Å². The molecule has 0 aliphatic carbocycles. The molecule has 1 fully saturated rings. The first kappa shape index (κ1) is 29.3. The summed E-state index contributed by atoms with van der Waals surface area (Å²) in [5, 5.41) is -1.89. The molecule has 0 radical (unpaired) electrons. The van der Waals surface area contributed by atoms with Crippen LogP contribution in [-0.2, 0) is 27.4 Å². The molecule has 0 unspecified atom stereocenters. The summed E-state index contributed by atoms with van der Waals surface area (Å²) in [5.41, 5.74) is 1.45.